The number of hydrogen-bond donors (Lipinski definition) is 1. The van der Waals surface area contributed by atoms with Crippen molar-refractivity contribution >= 4 is 5.91 Å². The Morgan fingerprint density at radius 1 is 1.42 bits per heavy atom. The molecule has 0 aliphatic carbocycles. The standard InChI is InChI=1S/C18H22N6O2/c1-12-15(13(2)23-22-12)5-6-17(25)24-9-3-4-14(11-24)26-18-16(10-19)20-7-8-21-18/h7-8,14H,3-6,9,11H2,1-2H3,(H,22,23). The van der Waals surface area contributed by atoms with Gasteiger partial charge in [-0.15, -0.1) is 0 Å². The maximum Gasteiger partial charge on any atom is 0.251 e. The van der Waals surface area contributed by atoms with Crippen molar-refractivity contribution in [3.05, 3.63) is 35.0 Å². The second kappa shape index (κ2) is 7.95. The fourth-order valence-corrected chi connectivity index (χ4v) is 3.24. The average molecular weight is 354 g/mol. The second-order valence-corrected chi connectivity index (χ2v) is 6.46. The van der Waals surface area contributed by atoms with Gasteiger partial charge < -0.3 is 9.64 Å². The van der Waals surface area contributed by atoms with Gasteiger partial charge in [0.1, 0.15) is 12.2 Å². The van der Waals surface area contributed by atoms with Crippen molar-refractivity contribution in [2.45, 2.75) is 45.6 Å². The van der Waals surface area contributed by atoms with Crippen molar-refractivity contribution in [1.82, 2.24) is 25.1 Å². The molecule has 3 rings (SSSR count). The summed E-state index contributed by atoms with van der Waals surface area (Å²) in [6.07, 6.45) is 5.60. The minimum absolute atomic E-state index is 0.109. The van der Waals surface area contributed by atoms with Gasteiger partial charge >= 0.3 is 0 Å². The van der Waals surface area contributed by atoms with Crippen LogP contribution in [0.3, 0.4) is 0 Å². The van der Waals surface area contributed by atoms with Crippen LogP contribution in [0.5, 0.6) is 5.88 Å². The fourth-order valence-electron chi connectivity index (χ4n) is 3.24. The molecule has 0 spiro atoms. The molecule has 8 nitrogen and oxygen atoms in total. The Bertz CT molecular complexity index is 806. The molecule has 0 aromatic carbocycles. The number of likely N-dealkylation sites (tertiary alicyclic amines) is 1. The van der Waals surface area contributed by atoms with Crippen LogP contribution < -0.4 is 4.74 Å². The number of rotatable bonds is 5. The highest BCUT2D eigenvalue weighted by molar-refractivity contribution is 5.76. The Morgan fingerprint density at radius 3 is 2.96 bits per heavy atom. The largest absolute Gasteiger partial charge is 0.470 e. The zero-order chi connectivity index (χ0) is 18.5. The van der Waals surface area contributed by atoms with Gasteiger partial charge in [0.15, 0.2) is 0 Å². The third kappa shape index (κ3) is 3.99. The number of aryl methyl sites for hydroxylation is 2. The summed E-state index contributed by atoms with van der Waals surface area (Å²) in [4.78, 5) is 22.5. The van der Waals surface area contributed by atoms with Crippen LogP contribution in [0.15, 0.2) is 12.4 Å². The van der Waals surface area contributed by atoms with E-state index in [1.165, 1.54) is 12.4 Å². The third-order valence-corrected chi connectivity index (χ3v) is 4.65. The fraction of sp³-hybridized carbons (Fsp3) is 0.500. The average Bonchev–Trinajstić information content (AvgIpc) is 2.98. The molecule has 1 saturated heterocycles. The van der Waals surface area contributed by atoms with Crippen LogP contribution in [0.1, 0.15) is 41.9 Å². The highest BCUT2D eigenvalue weighted by Crippen LogP contribution is 2.20. The van der Waals surface area contributed by atoms with E-state index in [1.54, 1.807) is 0 Å². The van der Waals surface area contributed by atoms with Gasteiger partial charge in [0, 0.05) is 31.1 Å². The SMILES string of the molecule is Cc1n[nH]c(C)c1CCC(=O)N1CCCC(Oc2nccnc2C#N)C1. The van der Waals surface area contributed by atoms with Crippen LogP contribution >= 0.6 is 0 Å². The summed E-state index contributed by atoms with van der Waals surface area (Å²) in [6.45, 7) is 5.15. The highest BCUT2D eigenvalue weighted by atomic mass is 16.5. The number of aromatic nitrogens is 4. The van der Waals surface area contributed by atoms with Crippen LogP contribution in [-0.4, -0.2) is 50.2 Å². The van der Waals surface area contributed by atoms with Gasteiger partial charge in [-0.25, -0.2) is 9.97 Å². The smallest absolute Gasteiger partial charge is 0.251 e. The van der Waals surface area contributed by atoms with Crippen molar-refractivity contribution in [2.24, 2.45) is 0 Å². The van der Waals surface area contributed by atoms with Crippen LogP contribution in [-0.2, 0) is 11.2 Å². The number of ether oxygens (including phenoxy) is 1. The van der Waals surface area contributed by atoms with Crippen molar-refractivity contribution in [1.29, 1.82) is 5.26 Å². The number of carbonyl (C=O) groups excluding carboxylic acids is 1. The lowest BCUT2D eigenvalue weighted by molar-refractivity contribution is -0.133. The van der Waals surface area contributed by atoms with Gasteiger partial charge in [-0.2, -0.15) is 10.4 Å². The van der Waals surface area contributed by atoms with Crippen LogP contribution in [0.2, 0.25) is 0 Å². The van der Waals surface area contributed by atoms with Gasteiger partial charge in [0.05, 0.1) is 12.2 Å². The summed E-state index contributed by atoms with van der Waals surface area (Å²) in [5.41, 5.74) is 3.24. The van der Waals surface area contributed by atoms with E-state index >= 15 is 0 Å². The van der Waals surface area contributed by atoms with Gasteiger partial charge in [0.25, 0.3) is 5.88 Å². The van der Waals surface area contributed by atoms with E-state index in [2.05, 4.69) is 20.2 Å². The molecule has 1 aliphatic heterocycles. The second-order valence-electron chi connectivity index (χ2n) is 6.46. The lowest BCUT2D eigenvalue weighted by Crippen LogP contribution is -2.44. The van der Waals surface area contributed by atoms with E-state index in [1.807, 2.05) is 24.8 Å². The summed E-state index contributed by atoms with van der Waals surface area (Å²) in [6, 6.07) is 1.98. The quantitative estimate of drug-likeness (QED) is 0.875. The number of nitrogens with zero attached hydrogens (tertiary/aromatic N) is 5. The molecule has 1 fully saturated rings. The molecule has 1 unspecified atom stereocenters. The Kier molecular flexibility index (Phi) is 5.46. The molecule has 3 heterocycles. The molecule has 1 atom stereocenters. The minimum atomic E-state index is -0.172. The molecule has 8 heteroatoms. The van der Waals surface area contributed by atoms with E-state index in [-0.39, 0.29) is 23.6 Å². The van der Waals surface area contributed by atoms with Gasteiger partial charge in [0.2, 0.25) is 11.6 Å². The zero-order valence-electron chi connectivity index (χ0n) is 15.0. The maximum absolute atomic E-state index is 12.6. The van der Waals surface area contributed by atoms with Gasteiger partial charge in [-0.05, 0) is 38.7 Å². The van der Waals surface area contributed by atoms with Crippen molar-refractivity contribution in [2.75, 3.05) is 13.1 Å². The Balaban J connectivity index is 1.58. The number of hydrogen-bond acceptors (Lipinski definition) is 6. The molecule has 1 N–H and O–H groups in total. The molecule has 0 saturated carbocycles. The van der Waals surface area contributed by atoms with Crippen molar-refractivity contribution in [3.63, 3.8) is 0 Å². The summed E-state index contributed by atoms with van der Waals surface area (Å²) >= 11 is 0. The molecule has 136 valence electrons. The number of nitriles is 1. The minimum Gasteiger partial charge on any atom is -0.470 e. The highest BCUT2D eigenvalue weighted by Gasteiger charge is 2.26. The lowest BCUT2D eigenvalue weighted by atomic mass is 10.0. The summed E-state index contributed by atoms with van der Waals surface area (Å²) < 4.78 is 5.84. The molecule has 2 aromatic rings. The molecular weight excluding hydrogens is 332 g/mol. The number of H-pyrrole nitrogens is 1. The Labute approximate surface area is 152 Å². The lowest BCUT2D eigenvalue weighted by Gasteiger charge is -2.32. The number of carbonyl (C=O) groups is 1. The normalized spacial score (nSPS) is 17.0. The zero-order valence-corrected chi connectivity index (χ0v) is 15.0. The van der Waals surface area contributed by atoms with E-state index in [4.69, 9.17) is 10.00 Å². The van der Waals surface area contributed by atoms with Crippen LogP contribution in [0, 0.1) is 25.2 Å². The maximum atomic E-state index is 12.6. The molecule has 0 bridgehead atoms. The van der Waals surface area contributed by atoms with E-state index in [9.17, 15) is 4.79 Å². The van der Waals surface area contributed by atoms with Crippen molar-refractivity contribution in [3.8, 4) is 11.9 Å². The number of amides is 1. The van der Waals surface area contributed by atoms with Crippen LogP contribution in [0.4, 0.5) is 0 Å². The Hall–Kier alpha value is -2.95. The third-order valence-electron chi connectivity index (χ3n) is 4.65. The molecule has 1 aliphatic rings. The topological polar surface area (TPSA) is 108 Å². The van der Waals surface area contributed by atoms with Gasteiger partial charge in [-0.1, -0.05) is 0 Å². The first-order chi connectivity index (χ1) is 12.6. The molecule has 2 aromatic heterocycles. The summed E-state index contributed by atoms with van der Waals surface area (Å²) in [5, 5.41) is 16.2. The van der Waals surface area contributed by atoms with E-state index in [0.29, 0.717) is 19.4 Å². The first-order valence-electron chi connectivity index (χ1n) is 8.74. The molecule has 1 amide bonds. The molecule has 0 radical (unpaired) electrons. The Morgan fingerprint density at radius 2 is 2.23 bits per heavy atom. The number of aromatic amines is 1. The first-order valence-corrected chi connectivity index (χ1v) is 8.74. The predicted octanol–water partition coefficient (Wildman–Crippen LogP) is 1.69. The monoisotopic (exact) mass is 354 g/mol. The van der Waals surface area contributed by atoms with Crippen LogP contribution in [0.25, 0.3) is 0 Å². The van der Waals surface area contributed by atoms with E-state index < -0.39 is 0 Å². The van der Waals surface area contributed by atoms with Gasteiger partial charge in [-0.3, -0.25) is 9.89 Å². The number of piperidine rings is 1. The molecule has 26 heavy (non-hydrogen) atoms. The first kappa shape index (κ1) is 17.9. The predicted molar refractivity (Wildman–Crippen MR) is 93.4 cm³/mol. The summed E-state index contributed by atoms with van der Waals surface area (Å²) in [5.74, 6) is 0.344. The number of nitrogens with one attached hydrogen (secondary N) is 1. The summed E-state index contributed by atoms with van der Waals surface area (Å²) in [7, 11) is 0. The molecular formula is C18H22N6O2. The van der Waals surface area contributed by atoms with Crippen molar-refractivity contribution < 1.29 is 9.53 Å². The van der Waals surface area contributed by atoms with E-state index in [0.717, 1.165) is 36.3 Å².